The average Bonchev–Trinajstić information content (AvgIpc) is 2.83. The molecule has 0 N–H and O–H groups in total. The van der Waals surface area contributed by atoms with E-state index in [0.717, 1.165) is 21.3 Å². The van der Waals surface area contributed by atoms with Crippen molar-refractivity contribution in [1.29, 1.82) is 0 Å². The fraction of sp³-hybridized carbons (Fsp3) is 0.438. The van der Waals surface area contributed by atoms with Gasteiger partial charge in [-0.05, 0) is 39.8 Å². The Labute approximate surface area is 135 Å². The number of thiazole rings is 1. The zero-order valence-electron chi connectivity index (χ0n) is 13.8. The summed E-state index contributed by atoms with van der Waals surface area (Å²) >= 11 is 1.62. The van der Waals surface area contributed by atoms with Crippen LogP contribution in [0.15, 0.2) is 12.1 Å². The van der Waals surface area contributed by atoms with E-state index in [-0.39, 0.29) is 11.9 Å². The highest BCUT2D eigenvalue weighted by molar-refractivity contribution is 7.11. The molecule has 0 radical (unpaired) electrons. The zero-order valence-corrected chi connectivity index (χ0v) is 14.6. The molecule has 118 valence electrons. The van der Waals surface area contributed by atoms with Crippen molar-refractivity contribution in [3.8, 4) is 5.88 Å². The third-order valence-corrected chi connectivity index (χ3v) is 4.89. The predicted molar refractivity (Wildman–Crippen MR) is 87.6 cm³/mol. The lowest BCUT2D eigenvalue weighted by molar-refractivity contribution is 0.0740. The molecule has 2 aromatic heterocycles. The first-order valence-electron chi connectivity index (χ1n) is 7.07. The van der Waals surface area contributed by atoms with E-state index in [2.05, 4.69) is 9.97 Å². The molecule has 0 saturated heterocycles. The quantitative estimate of drug-likeness (QED) is 0.867. The number of nitrogens with zero attached hydrogens (tertiary/aromatic N) is 3. The topological polar surface area (TPSA) is 55.3 Å². The van der Waals surface area contributed by atoms with Crippen molar-refractivity contribution in [3.05, 3.63) is 39.0 Å². The van der Waals surface area contributed by atoms with Crippen LogP contribution in [0.3, 0.4) is 0 Å². The first-order chi connectivity index (χ1) is 10.3. The molecule has 2 aromatic rings. The summed E-state index contributed by atoms with van der Waals surface area (Å²) in [6.45, 7) is 7.82. The van der Waals surface area contributed by atoms with E-state index in [9.17, 15) is 4.79 Å². The molecule has 0 spiro atoms. The SMILES string of the molecule is COc1nc(C)ccc1C(=O)N(C)C(C)c1sc(C)nc1C. The summed E-state index contributed by atoms with van der Waals surface area (Å²) in [5.41, 5.74) is 2.27. The number of aryl methyl sites for hydroxylation is 3. The highest BCUT2D eigenvalue weighted by atomic mass is 32.1. The van der Waals surface area contributed by atoms with E-state index in [4.69, 9.17) is 4.74 Å². The van der Waals surface area contributed by atoms with Crippen molar-refractivity contribution in [2.24, 2.45) is 0 Å². The fourth-order valence-electron chi connectivity index (χ4n) is 2.33. The van der Waals surface area contributed by atoms with Crippen molar-refractivity contribution in [2.75, 3.05) is 14.2 Å². The largest absolute Gasteiger partial charge is 0.480 e. The maximum atomic E-state index is 12.8. The second kappa shape index (κ2) is 6.44. The second-order valence-corrected chi connectivity index (χ2v) is 6.52. The number of hydrogen-bond acceptors (Lipinski definition) is 5. The van der Waals surface area contributed by atoms with E-state index in [1.807, 2.05) is 33.8 Å². The maximum Gasteiger partial charge on any atom is 0.259 e. The molecule has 0 fully saturated rings. The zero-order chi connectivity index (χ0) is 16.4. The molecule has 0 aliphatic rings. The monoisotopic (exact) mass is 319 g/mol. The molecular formula is C16H21N3O2S. The van der Waals surface area contributed by atoms with Crippen LogP contribution < -0.4 is 4.74 Å². The Morgan fingerprint density at radius 2 is 1.95 bits per heavy atom. The van der Waals surface area contributed by atoms with Gasteiger partial charge in [-0.1, -0.05) is 0 Å². The number of hydrogen-bond donors (Lipinski definition) is 0. The number of carbonyl (C=O) groups is 1. The number of ether oxygens (including phenoxy) is 1. The highest BCUT2D eigenvalue weighted by Gasteiger charge is 2.25. The van der Waals surface area contributed by atoms with Crippen molar-refractivity contribution in [3.63, 3.8) is 0 Å². The number of pyridine rings is 1. The van der Waals surface area contributed by atoms with Crippen LogP contribution >= 0.6 is 11.3 Å². The van der Waals surface area contributed by atoms with E-state index in [1.54, 1.807) is 29.4 Å². The molecule has 2 heterocycles. The Morgan fingerprint density at radius 1 is 1.27 bits per heavy atom. The first-order valence-corrected chi connectivity index (χ1v) is 7.89. The van der Waals surface area contributed by atoms with Gasteiger partial charge in [0, 0.05) is 17.6 Å². The van der Waals surface area contributed by atoms with Gasteiger partial charge in [0.05, 0.1) is 23.9 Å². The molecule has 1 unspecified atom stereocenters. The predicted octanol–water partition coefficient (Wildman–Crippen LogP) is 3.31. The molecule has 0 bridgehead atoms. The summed E-state index contributed by atoms with van der Waals surface area (Å²) in [7, 11) is 3.32. The van der Waals surface area contributed by atoms with E-state index in [0.29, 0.717) is 11.4 Å². The van der Waals surface area contributed by atoms with Crippen molar-refractivity contribution < 1.29 is 9.53 Å². The number of carbonyl (C=O) groups excluding carboxylic acids is 1. The van der Waals surface area contributed by atoms with E-state index < -0.39 is 0 Å². The van der Waals surface area contributed by atoms with Gasteiger partial charge in [-0.3, -0.25) is 4.79 Å². The van der Waals surface area contributed by atoms with Gasteiger partial charge in [-0.25, -0.2) is 9.97 Å². The van der Waals surface area contributed by atoms with Crippen LogP contribution in [0, 0.1) is 20.8 Å². The lowest BCUT2D eigenvalue weighted by Crippen LogP contribution is -2.30. The smallest absolute Gasteiger partial charge is 0.259 e. The van der Waals surface area contributed by atoms with Crippen LogP contribution in [0.5, 0.6) is 5.88 Å². The minimum Gasteiger partial charge on any atom is -0.480 e. The van der Waals surface area contributed by atoms with Gasteiger partial charge in [-0.15, -0.1) is 11.3 Å². The fourth-order valence-corrected chi connectivity index (χ4v) is 3.35. The molecule has 0 saturated carbocycles. The van der Waals surface area contributed by atoms with Crippen molar-refractivity contribution in [1.82, 2.24) is 14.9 Å². The molecule has 0 aromatic carbocycles. The second-order valence-electron chi connectivity index (χ2n) is 5.28. The molecule has 1 atom stereocenters. The normalized spacial score (nSPS) is 12.1. The van der Waals surface area contributed by atoms with Gasteiger partial charge in [0.2, 0.25) is 5.88 Å². The third-order valence-electron chi connectivity index (χ3n) is 3.64. The summed E-state index contributed by atoms with van der Waals surface area (Å²) < 4.78 is 5.24. The number of aromatic nitrogens is 2. The summed E-state index contributed by atoms with van der Waals surface area (Å²) in [5, 5.41) is 1.01. The summed E-state index contributed by atoms with van der Waals surface area (Å²) in [6, 6.07) is 3.53. The summed E-state index contributed by atoms with van der Waals surface area (Å²) in [6.07, 6.45) is 0. The van der Waals surface area contributed by atoms with Crippen LogP contribution in [0.1, 0.15) is 44.6 Å². The number of amides is 1. The van der Waals surface area contributed by atoms with Crippen LogP contribution in [0.2, 0.25) is 0 Å². The lowest BCUT2D eigenvalue weighted by Gasteiger charge is -2.25. The molecule has 6 heteroatoms. The van der Waals surface area contributed by atoms with Gasteiger partial charge in [0.1, 0.15) is 5.56 Å². The third kappa shape index (κ3) is 3.11. The molecule has 0 aliphatic carbocycles. The van der Waals surface area contributed by atoms with Crippen LogP contribution in [-0.4, -0.2) is 34.9 Å². The molecule has 2 rings (SSSR count). The van der Waals surface area contributed by atoms with Gasteiger partial charge in [0.15, 0.2) is 0 Å². The summed E-state index contributed by atoms with van der Waals surface area (Å²) in [5.74, 6) is 0.253. The highest BCUT2D eigenvalue weighted by Crippen LogP contribution is 2.30. The Bertz CT molecular complexity index is 697. The Morgan fingerprint density at radius 3 is 2.50 bits per heavy atom. The lowest BCUT2D eigenvalue weighted by atomic mass is 10.1. The standard InChI is InChI=1S/C16H21N3O2S/c1-9-7-8-13(15(17-9)21-6)16(20)19(5)11(3)14-10(2)18-12(4)22-14/h7-8,11H,1-6H3. The van der Waals surface area contributed by atoms with Crippen LogP contribution in [0.4, 0.5) is 0 Å². The van der Waals surface area contributed by atoms with Crippen LogP contribution in [0.25, 0.3) is 0 Å². The minimum absolute atomic E-state index is 0.0512. The Hall–Kier alpha value is -1.95. The first kappa shape index (κ1) is 16.4. The van der Waals surface area contributed by atoms with E-state index >= 15 is 0 Å². The molecule has 0 aliphatic heterocycles. The van der Waals surface area contributed by atoms with Crippen molar-refractivity contribution in [2.45, 2.75) is 33.7 Å². The summed E-state index contributed by atoms with van der Waals surface area (Å²) in [4.78, 5) is 24.3. The number of methoxy groups -OCH3 is 1. The molecule has 1 amide bonds. The number of rotatable bonds is 4. The maximum absolute atomic E-state index is 12.8. The van der Waals surface area contributed by atoms with Gasteiger partial charge < -0.3 is 9.64 Å². The van der Waals surface area contributed by atoms with Gasteiger partial charge >= 0.3 is 0 Å². The molecule has 5 nitrogen and oxygen atoms in total. The van der Waals surface area contributed by atoms with Crippen LogP contribution in [-0.2, 0) is 0 Å². The van der Waals surface area contributed by atoms with Crippen molar-refractivity contribution >= 4 is 17.2 Å². The Kier molecular flexibility index (Phi) is 4.81. The molecular weight excluding hydrogens is 298 g/mol. The van der Waals surface area contributed by atoms with Gasteiger partial charge in [-0.2, -0.15) is 0 Å². The Balaban J connectivity index is 2.31. The van der Waals surface area contributed by atoms with E-state index in [1.165, 1.54) is 7.11 Å². The minimum atomic E-state index is -0.109. The van der Waals surface area contributed by atoms with Gasteiger partial charge in [0.25, 0.3) is 5.91 Å². The molecule has 22 heavy (non-hydrogen) atoms. The average molecular weight is 319 g/mol.